The van der Waals surface area contributed by atoms with Crippen molar-refractivity contribution < 1.29 is 9.90 Å². The van der Waals surface area contributed by atoms with Gasteiger partial charge >= 0.3 is 5.97 Å². The Morgan fingerprint density at radius 1 is 1.00 bits per heavy atom. The molecule has 1 aromatic heterocycles. The lowest BCUT2D eigenvalue weighted by Gasteiger charge is -2.43. The SMILES string of the molecule is C[C@@H](C[C@@H]1CCC(C)(C)N1C1CCCCCCC1)n1c(=O)c(N[C@@H](Cc2ccccc2)C(=O)O)nc2ccccc21. The third-order valence-electron chi connectivity index (χ3n) is 9.39. The number of aromatic nitrogens is 2. The number of hydrogen-bond acceptors (Lipinski definition) is 5. The van der Waals surface area contributed by atoms with E-state index < -0.39 is 12.0 Å². The van der Waals surface area contributed by atoms with Crippen molar-refractivity contribution in [2.75, 3.05) is 5.32 Å². The Hall–Kier alpha value is -3.19. The number of benzene rings is 2. The van der Waals surface area contributed by atoms with Crippen molar-refractivity contribution in [3.63, 3.8) is 0 Å². The molecule has 220 valence electrons. The summed E-state index contributed by atoms with van der Waals surface area (Å²) in [6.07, 6.45) is 12.6. The van der Waals surface area contributed by atoms with E-state index in [2.05, 4.69) is 36.0 Å². The summed E-state index contributed by atoms with van der Waals surface area (Å²) in [6.45, 7) is 6.92. The van der Waals surface area contributed by atoms with Crippen molar-refractivity contribution >= 4 is 22.8 Å². The van der Waals surface area contributed by atoms with Crippen molar-refractivity contribution in [1.29, 1.82) is 0 Å². The van der Waals surface area contributed by atoms with Crippen LogP contribution in [0.3, 0.4) is 0 Å². The van der Waals surface area contributed by atoms with Gasteiger partial charge in [0.2, 0.25) is 0 Å². The Kier molecular flexibility index (Phi) is 9.12. The molecule has 7 heteroatoms. The van der Waals surface area contributed by atoms with E-state index >= 15 is 0 Å². The van der Waals surface area contributed by atoms with E-state index in [0.717, 1.165) is 23.9 Å². The van der Waals surface area contributed by atoms with Gasteiger partial charge in [-0.15, -0.1) is 0 Å². The number of hydrogen-bond donors (Lipinski definition) is 2. The number of nitrogens with zero attached hydrogens (tertiary/aromatic N) is 3. The highest BCUT2D eigenvalue weighted by Gasteiger charge is 2.43. The Labute approximate surface area is 244 Å². The second-order valence-corrected chi connectivity index (χ2v) is 12.8. The average Bonchev–Trinajstić information content (AvgIpc) is 3.22. The fourth-order valence-corrected chi connectivity index (χ4v) is 7.42. The van der Waals surface area contributed by atoms with Crippen molar-refractivity contribution in [1.82, 2.24) is 14.5 Å². The zero-order valence-corrected chi connectivity index (χ0v) is 24.9. The van der Waals surface area contributed by atoms with Crippen LogP contribution in [0.2, 0.25) is 0 Å². The van der Waals surface area contributed by atoms with Gasteiger partial charge in [0.05, 0.1) is 11.0 Å². The number of nitrogens with one attached hydrogen (secondary N) is 1. The maximum Gasteiger partial charge on any atom is 0.326 e. The highest BCUT2D eigenvalue weighted by Crippen LogP contribution is 2.41. The first-order valence-corrected chi connectivity index (χ1v) is 15.6. The van der Waals surface area contributed by atoms with E-state index in [9.17, 15) is 14.7 Å². The fraction of sp³-hybridized carbons (Fsp3) is 0.559. The summed E-state index contributed by atoms with van der Waals surface area (Å²) in [5.74, 6) is -0.909. The molecular weight excluding hydrogens is 512 g/mol. The first-order valence-electron chi connectivity index (χ1n) is 15.6. The predicted molar refractivity (Wildman–Crippen MR) is 166 cm³/mol. The smallest absolute Gasteiger partial charge is 0.326 e. The van der Waals surface area contributed by atoms with Gasteiger partial charge in [-0.25, -0.2) is 9.78 Å². The number of likely N-dealkylation sites (tertiary alicyclic amines) is 1. The molecule has 7 nitrogen and oxygen atoms in total. The Morgan fingerprint density at radius 2 is 1.66 bits per heavy atom. The van der Waals surface area contributed by atoms with Crippen LogP contribution in [0.15, 0.2) is 59.4 Å². The van der Waals surface area contributed by atoms with E-state index in [1.807, 2.05) is 59.2 Å². The van der Waals surface area contributed by atoms with Gasteiger partial charge in [0.25, 0.3) is 5.56 Å². The van der Waals surface area contributed by atoms with Gasteiger partial charge in [-0.05, 0) is 70.6 Å². The minimum atomic E-state index is -1.01. The Morgan fingerprint density at radius 3 is 2.37 bits per heavy atom. The molecule has 1 aliphatic heterocycles. The van der Waals surface area contributed by atoms with E-state index in [-0.39, 0.29) is 29.4 Å². The van der Waals surface area contributed by atoms with Gasteiger partial charge in [0, 0.05) is 30.1 Å². The standard InChI is InChI=1S/C34H46N4O3/c1-24(22-27-20-21-34(2,3)38(27)26-16-10-5-4-6-11-17-26)37-30-19-13-12-18-28(30)35-31(32(37)39)36-29(33(40)41)23-25-14-8-7-9-15-25/h7-9,12-15,18-19,24,26-27,29H,4-6,10-11,16-17,20-23H2,1-3H3,(H,35,36)(H,40,41)/t24-,27-,29-/m0/s1. The molecule has 0 radical (unpaired) electrons. The van der Waals surface area contributed by atoms with Crippen LogP contribution in [0.25, 0.3) is 11.0 Å². The van der Waals surface area contributed by atoms with E-state index in [4.69, 9.17) is 0 Å². The number of para-hydroxylation sites is 2. The quantitative estimate of drug-likeness (QED) is 0.300. The summed E-state index contributed by atoms with van der Waals surface area (Å²) in [5, 5.41) is 13.0. The van der Waals surface area contributed by atoms with Crippen LogP contribution in [0.5, 0.6) is 0 Å². The van der Waals surface area contributed by atoms with Crippen LogP contribution in [0.1, 0.15) is 96.6 Å². The molecule has 3 atom stereocenters. The summed E-state index contributed by atoms with van der Waals surface area (Å²) in [7, 11) is 0. The van der Waals surface area contributed by atoms with Gasteiger partial charge in [-0.2, -0.15) is 0 Å². The van der Waals surface area contributed by atoms with E-state index in [1.54, 1.807) is 0 Å². The molecule has 2 fully saturated rings. The molecule has 5 rings (SSSR count). The maximum atomic E-state index is 14.0. The molecule has 0 unspecified atom stereocenters. The second kappa shape index (κ2) is 12.8. The summed E-state index contributed by atoms with van der Waals surface area (Å²) < 4.78 is 1.85. The summed E-state index contributed by atoms with van der Waals surface area (Å²) in [6, 6.07) is 17.2. The molecule has 0 spiro atoms. The number of carbonyl (C=O) groups is 1. The number of anilines is 1. The monoisotopic (exact) mass is 558 g/mol. The second-order valence-electron chi connectivity index (χ2n) is 12.8. The lowest BCUT2D eigenvalue weighted by Crippen LogP contribution is -2.50. The highest BCUT2D eigenvalue weighted by molar-refractivity contribution is 5.79. The van der Waals surface area contributed by atoms with Gasteiger partial charge in [-0.1, -0.05) is 74.6 Å². The Balaban J connectivity index is 1.44. The van der Waals surface area contributed by atoms with Crippen molar-refractivity contribution in [3.8, 4) is 0 Å². The molecule has 0 bridgehead atoms. The maximum absolute atomic E-state index is 14.0. The number of fused-ring (bicyclic) bond motifs is 1. The molecule has 1 saturated heterocycles. The molecule has 2 N–H and O–H groups in total. The minimum absolute atomic E-state index is 0.0664. The van der Waals surface area contributed by atoms with Gasteiger partial charge in [0.15, 0.2) is 5.82 Å². The highest BCUT2D eigenvalue weighted by atomic mass is 16.4. The van der Waals surface area contributed by atoms with Gasteiger partial charge in [-0.3, -0.25) is 9.69 Å². The van der Waals surface area contributed by atoms with Crippen LogP contribution < -0.4 is 10.9 Å². The molecule has 41 heavy (non-hydrogen) atoms. The average molecular weight is 559 g/mol. The van der Waals surface area contributed by atoms with Gasteiger partial charge < -0.3 is 15.0 Å². The lowest BCUT2D eigenvalue weighted by molar-refractivity contribution is -0.137. The van der Waals surface area contributed by atoms with Crippen molar-refractivity contribution in [3.05, 3.63) is 70.5 Å². The fourth-order valence-electron chi connectivity index (χ4n) is 7.42. The minimum Gasteiger partial charge on any atom is -0.480 e. The summed E-state index contributed by atoms with van der Waals surface area (Å²) >= 11 is 0. The topological polar surface area (TPSA) is 87.5 Å². The number of carboxylic acids is 1. The number of rotatable bonds is 9. The number of carboxylic acid groups (broad SMARTS) is 1. The molecule has 2 heterocycles. The normalized spacial score (nSPS) is 21.7. The zero-order chi connectivity index (χ0) is 29.0. The summed E-state index contributed by atoms with van der Waals surface area (Å²) in [4.78, 5) is 33.7. The lowest BCUT2D eigenvalue weighted by atomic mass is 9.91. The van der Waals surface area contributed by atoms with Crippen LogP contribution in [0.4, 0.5) is 5.82 Å². The van der Waals surface area contributed by atoms with Crippen LogP contribution in [-0.2, 0) is 11.2 Å². The molecule has 0 amide bonds. The molecule has 1 saturated carbocycles. The van der Waals surface area contributed by atoms with Crippen LogP contribution >= 0.6 is 0 Å². The van der Waals surface area contributed by atoms with E-state index in [1.165, 1.54) is 51.4 Å². The largest absolute Gasteiger partial charge is 0.480 e. The predicted octanol–water partition coefficient (Wildman–Crippen LogP) is 6.81. The molecule has 2 aliphatic rings. The van der Waals surface area contributed by atoms with Crippen LogP contribution in [-0.4, -0.2) is 49.2 Å². The van der Waals surface area contributed by atoms with Crippen molar-refractivity contribution in [2.45, 2.75) is 121 Å². The first kappa shape index (κ1) is 29.3. The zero-order valence-electron chi connectivity index (χ0n) is 24.9. The summed E-state index contributed by atoms with van der Waals surface area (Å²) in [5.41, 5.74) is 2.26. The first-order chi connectivity index (χ1) is 19.7. The molecule has 1 aliphatic carbocycles. The Bertz CT molecular complexity index is 1380. The molecule has 2 aromatic carbocycles. The van der Waals surface area contributed by atoms with Gasteiger partial charge in [0.1, 0.15) is 6.04 Å². The third kappa shape index (κ3) is 6.66. The molecule has 3 aromatic rings. The van der Waals surface area contributed by atoms with E-state index in [0.29, 0.717) is 17.6 Å². The third-order valence-corrected chi connectivity index (χ3v) is 9.39. The van der Waals surface area contributed by atoms with Crippen LogP contribution in [0, 0.1) is 0 Å². The molecular formula is C34H46N4O3. The van der Waals surface area contributed by atoms with Crippen molar-refractivity contribution in [2.24, 2.45) is 0 Å². The number of aliphatic carboxylic acids is 1.